The Morgan fingerprint density at radius 2 is 1.10 bits per heavy atom. The number of phosphoric acid groups is 1. The molecule has 0 saturated heterocycles. The molecule has 0 rings (SSSR count). The largest absolute Gasteiger partial charge is 0.316 e. The van der Waals surface area contributed by atoms with Gasteiger partial charge in [0.15, 0.2) is 0 Å². The Morgan fingerprint density at radius 1 is 1.10 bits per heavy atom. The third kappa shape index (κ3) is 116. The van der Waals surface area contributed by atoms with Gasteiger partial charge in [-0.05, 0) is 0 Å². The maximum Gasteiger partial charge on any atom is 0.316 e. The molecular formula is H6FeLiMgMnO4PZn. The smallest absolute Gasteiger partial charge is 0 e. The predicted octanol–water partition coefficient (Wildman–Crippen LogP) is -2.50. The minimum absolute atomic E-state index is 0. The van der Waals surface area contributed by atoms with Crippen LogP contribution in [-0.2, 0) is 58.2 Å². The SMILES string of the molecule is O=P(O)(O)O.[Fe].[LiH].[MgH2].[Mn].[Zn]. The Balaban J connectivity index is -0.00000000800. The summed E-state index contributed by atoms with van der Waals surface area (Å²) in [7, 11) is -4.64. The minimum atomic E-state index is -4.64. The van der Waals surface area contributed by atoms with Gasteiger partial charge in [-0.15, -0.1) is 0 Å². The zero-order valence-corrected chi connectivity index (χ0v) is 9.78. The summed E-state index contributed by atoms with van der Waals surface area (Å²) in [6, 6.07) is 0. The summed E-state index contributed by atoms with van der Waals surface area (Å²) in [6.45, 7) is 0. The van der Waals surface area contributed by atoms with Crippen LogP contribution in [0.5, 0.6) is 0 Å². The van der Waals surface area contributed by atoms with Crippen molar-refractivity contribution in [1.82, 2.24) is 0 Å². The van der Waals surface area contributed by atoms with Crippen molar-refractivity contribution < 1.29 is 72.9 Å². The molecule has 0 aromatic heterocycles. The van der Waals surface area contributed by atoms with Crippen LogP contribution in [0.4, 0.5) is 0 Å². The molecule has 0 unspecified atom stereocenters. The van der Waals surface area contributed by atoms with E-state index in [1.165, 1.54) is 0 Å². The topological polar surface area (TPSA) is 77.8 Å². The van der Waals surface area contributed by atoms with Crippen molar-refractivity contribution >= 4 is 49.7 Å². The van der Waals surface area contributed by atoms with Gasteiger partial charge in [0.05, 0.1) is 0 Å². The van der Waals surface area contributed by atoms with Gasteiger partial charge in [0, 0.05) is 53.6 Å². The van der Waals surface area contributed by atoms with Crippen molar-refractivity contribution in [1.29, 1.82) is 0 Å². The first-order chi connectivity index (χ1) is 2.00. The van der Waals surface area contributed by atoms with Gasteiger partial charge in [-0.3, -0.25) is 0 Å². The Kier molecular flexibility index (Phi) is 68.5. The summed E-state index contributed by atoms with van der Waals surface area (Å²) in [5, 5.41) is 0. The Bertz CT molecular complexity index is 71.4. The second-order valence-corrected chi connectivity index (χ2v) is 1.54. The van der Waals surface area contributed by atoms with Gasteiger partial charge in [0.1, 0.15) is 0 Å². The predicted molar refractivity (Wildman–Crippen MR) is 30.0 cm³/mol. The molecule has 0 bridgehead atoms. The van der Waals surface area contributed by atoms with Crippen LogP contribution < -0.4 is 0 Å². The average Bonchev–Trinajstić information content (AvgIpc) is 0.722. The van der Waals surface area contributed by atoms with Crippen LogP contribution in [0.25, 0.3) is 0 Å². The fraction of sp³-hybridized carbons (Fsp3) is 0. The summed E-state index contributed by atoms with van der Waals surface area (Å²) in [6.07, 6.45) is 0. The van der Waals surface area contributed by atoms with E-state index < -0.39 is 7.82 Å². The molecule has 0 aliphatic carbocycles. The van der Waals surface area contributed by atoms with E-state index in [0.29, 0.717) is 0 Å². The molecule has 0 saturated carbocycles. The number of rotatable bonds is 0. The van der Waals surface area contributed by atoms with Crippen LogP contribution in [0.15, 0.2) is 0 Å². The van der Waals surface area contributed by atoms with Crippen LogP contribution >= 0.6 is 7.82 Å². The Morgan fingerprint density at radius 3 is 1.10 bits per heavy atom. The average molecular weight is 308 g/mol. The molecule has 0 heterocycles. The van der Waals surface area contributed by atoms with E-state index in [9.17, 15) is 0 Å². The molecule has 0 amide bonds. The second-order valence-electron chi connectivity index (χ2n) is 0.513. The standard InChI is InChI=1S/Fe.Li.Mg.Mn.H3O4P.Zn.3H/c;;;;1-5(2,3)4;;;;/h;;;;(H3,1,2,3,4);;;;. The molecule has 0 aliphatic rings. The van der Waals surface area contributed by atoms with E-state index in [1.54, 1.807) is 0 Å². The molecule has 4 nitrogen and oxygen atoms in total. The van der Waals surface area contributed by atoms with Gasteiger partial charge in [-0.1, -0.05) is 0 Å². The summed E-state index contributed by atoms with van der Waals surface area (Å²) >= 11 is 0. The summed E-state index contributed by atoms with van der Waals surface area (Å²) in [5.74, 6) is 0. The van der Waals surface area contributed by atoms with Gasteiger partial charge in [-0.2, -0.15) is 0 Å². The minimum Gasteiger partial charge on any atom is 0 e. The van der Waals surface area contributed by atoms with Gasteiger partial charge >= 0.3 is 49.7 Å². The van der Waals surface area contributed by atoms with E-state index in [1.807, 2.05) is 0 Å². The first-order valence-electron chi connectivity index (χ1n) is 0.783. The normalized spacial score (nSPS) is 5.90. The zero-order chi connectivity index (χ0) is 4.50. The molecule has 0 aromatic carbocycles. The van der Waals surface area contributed by atoms with E-state index in [4.69, 9.17) is 19.2 Å². The van der Waals surface area contributed by atoms with Crippen LogP contribution in [0.1, 0.15) is 0 Å². The summed E-state index contributed by atoms with van der Waals surface area (Å²) < 4.78 is 8.88. The molecule has 0 aliphatic heterocycles. The van der Waals surface area contributed by atoms with Crippen molar-refractivity contribution in [3.63, 3.8) is 0 Å². The monoisotopic (exact) mass is 307 g/mol. The molecule has 55 valence electrons. The molecular weight excluding hydrogens is 302 g/mol. The van der Waals surface area contributed by atoms with E-state index >= 15 is 0 Å². The molecule has 0 atom stereocenters. The maximum absolute atomic E-state index is 8.88. The molecule has 10 heteroatoms. The second kappa shape index (κ2) is 18.0. The van der Waals surface area contributed by atoms with Crippen LogP contribution in [0.3, 0.4) is 0 Å². The molecule has 0 aromatic rings. The van der Waals surface area contributed by atoms with Crippen LogP contribution in [-0.4, -0.2) is 56.6 Å². The third-order valence-electron chi connectivity index (χ3n) is 0. The third-order valence-corrected chi connectivity index (χ3v) is 0. The number of hydrogen-bond acceptors (Lipinski definition) is 1. The molecule has 3 N–H and O–H groups in total. The summed E-state index contributed by atoms with van der Waals surface area (Å²) in [5.41, 5.74) is 0. The van der Waals surface area contributed by atoms with Crippen molar-refractivity contribution in [2.45, 2.75) is 0 Å². The first kappa shape index (κ1) is 38.0. The fourth-order valence-electron chi connectivity index (χ4n) is 0. The Labute approximate surface area is 121 Å². The van der Waals surface area contributed by atoms with Crippen LogP contribution in [0, 0.1) is 0 Å². The maximum atomic E-state index is 8.88. The fourth-order valence-corrected chi connectivity index (χ4v) is 0. The van der Waals surface area contributed by atoms with E-state index in [2.05, 4.69) is 0 Å². The van der Waals surface area contributed by atoms with Gasteiger partial charge < -0.3 is 14.7 Å². The first-order valence-corrected chi connectivity index (χ1v) is 2.35. The molecule has 1 radical (unpaired) electrons. The van der Waals surface area contributed by atoms with Gasteiger partial charge in [0.25, 0.3) is 0 Å². The van der Waals surface area contributed by atoms with Gasteiger partial charge in [-0.25, -0.2) is 4.57 Å². The quantitative estimate of drug-likeness (QED) is 0.341. The van der Waals surface area contributed by atoms with Gasteiger partial charge in [0.2, 0.25) is 0 Å². The zero-order valence-electron chi connectivity index (χ0n) is 3.64. The van der Waals surface area contributed by atoms with E-state index in [0.717, 1.165) is 0 Å². The molecule has 0 spiro atoms. The van der Waals surface area contributed by atoms with Crippen molar-refractivity contribution in [2.75, 3.05) is 0 Å². The number of hydrogen-bond donors (Lipinski definition) is 3. The molecule has 10 heavy (non-hydrogen) atoms. The van der Waals surface area contributed by atoms with Crippen LogP contribution in [0.2, 0.25) is 0 Å². The molecule has 0 fully saturated rings. The van der Waals surface area contributed by atoms with Crippen molar-refractivity contribution in [3.8, 4) is 0 Å². The van der Waals surface area contributed by atoms with Crippen molar-refractivity contribution in [3.05, 3.63) is 0 Å². The summed E-state index contributed by atoms with van der Waals surface area (Å²) in [4.78, 5) is 21.6. The van der Waals surface area contributed by atoms with Crippen molar-refractivity contribution in [2.24, 2.45) is 0 Å². The van der Waals surface area contributed by atoms with E-state index in [-0.39, 0.29) is 95.5 Å². The Hall–Kier alpha value is 3.14.